The second kappa shape index (κ2) is 13.3. The number of halogens is 12. The lowest BCUT2D eigenvalue weighted by Gasteiger charge is -2.34. The molecule has 0 bridgehead atoms. The molecule has 0 spiro atoms. The molecule has 0 aliphatic carbocycles. The number of rotatable bonds is 6. The first-order valence-electron chi connectivity index (χ1n) is 10.5. The van der Waals surface area contributed by atoms with Crippen molar-refractivity contribution in [3.05, 3.63) is 91.0 Å². The zero-order valence-corrected chi connectivity index (χ0v) is 19.5. The highest BCUT2D eigenvalue weighted by atomic mass is 19.4. The second-order valence-electron chi connectivity index (χ2n) is 7.52. The van der Waals surface area contributed by atoms with Crippen LogP contribution in [0.4, 0.5) is 69.7 Å². The van der Waals surface area contributed by atoms with E-state index in [-0.39, 0.29) is 0 Å². The molecule has 0 fully saturated rings. The molecule has 0 heterocycles. The van der Waals surface area contributed by atoms with Crippen molar-refractivity contribution in [2.45, 2.75) is 36.8 Å². The van der Waals surface area contributed by atoms with Gasteiger partial charge in [0, 0.05) is 17.1 Å². The summed E-state index contributed by atoms with van der Waals surface area (Å²) in [5, 5.41) is 2.29. The molecule has 3 nitrogen and oxygen atoms in total. The zero-order valence-electron chi connectivity index (χ0n) is 19.5. The van der Waals surface area contributed by atoms with Crippen molar-refractivity contribution in [1.82, 2.24) is 0 Å². The highest BCUT2D eigenvalue weighted by molar-refractivity contribution is 5.47. The van der Waals surface area contributed by atoms with Crippen molar-refractivity contribution >= 4 is 17.1 Å². The van der Waals surface area contributed by atoms with Crippen LogP contribution in [0.3, 0.4) is 0 Å². The maximum absolute atomic E-state index is 13.7. The van der Waals surface area contributed by atoms with Crippen LogP contribution in [-0.4, -0.2) is 30.4 Å². The van der Waals surface area contributed by atoms with E-state index < -0.39 is 48.2 Å². The van der Waals surface area contributed by atoms with Gasteiger partial charge in [0.15, 0.2) is 0 Å². The van der Waals surface area contributed by atoms with Crippen LogP contribution < -0.4 is 16.4 Å². The maximum atomic E-state index is 13.7. The fourth-order valence-electron chi connectivity index (χ4n) is 2.44. The van der Waals surface area contributed by atoms with Gasteiger partial charge >= 0.3 is 30.4 Å². The summed E-state index contributed by atoms with van der Waals surface area (Å²) in [6.07, 6.45) is -13.0. The first-order valence-corrected chi connectivity index (χ1v) is 10.5. The quantitative estimate of drug-likeness (QED) is 0.155. The molecule has 0 aliphatic rings. The fraction of sp³-hybridized carbons (Fsp3) is 0.250. The van der Waals surface area contributed by atoms with Gasteiger partial charge in [-0.3, -0.25) is 0 Å². The van der Waals surface area contributed by atoms with Crippen LogP contribution in [0, 0.1) is 0 Å². The van der Waals surface area contributed by atoms with E-state index in [1.807, 2.05) is 30.3 Å². The van der Waals surface area contributed by atoms with Gasteiger partial charge in [-0.2, -0.15) is 52.7 Å². The number of nitrogen functional groups attached to an aromatic ring is 1. The third kappa shape index (κ3) is 12.1. The molecule has 0 saturated heterocycles. The Balaban J connectivity index is 0.000000387. The lowest BCUT2D eigenvalue weighted by atomic mass is 10.2. The summed E-state index contributed by atoms with van der Waals surface area (Å²) in [4.78, 5) is 0. The van der Waals surface area contributed by atoms with Crippen LogP contribution in [0.15, 0.2) is 91.0 Å². The summed E-state index contributed by atoms with van der Waals surface area (Å²) in [5.41, 5.74) is 5.36. The van der Waals surface area contributed by atoms with E-state index >= 15 is 0 Å². The van der Waals surface area contributed by atoms with Crippen molar-refractivity contribution in [1.29, 1.82) is 0 Å². The lowest BCUT2D eigenvalue weighted by molar-refractivity contribution is -0.288. The normalized spacial score (nSPS) is 12.3. The second-order valence-corrected chi connectivity index (χ2v) is 7.52. The van der Waals surface area contributed by atoms with Crippen LogP contribution in [0.1, 0.15) is 6.42 Å². The van der Waals surface area contributed by atoms with Gasteiger partial charge in [0.05, 0.1) is 0 Å². The molecule has 3 aromatic carbocycles. The summed E-state index contributed by atoms with van der Waals surface area (Å²) < 4.78 is 147. The molecule has 0 radical (unpaired) electrons. The molecule has 0 saturated carbocycles. The summed E-state index contributed by atoms with van der Waals surface area (Å²) in [6.45, 7) is 0. The third-order valence-electron chi connectivity index (χ3n) is 4.14. The van der Waals surface area contributed by atoms with Gasteiger partial charge in [0.2, 0.25) is 0 Å². The van der Waals surface area contributed by atoms with Gasteiger partial charge in [-0.1, -0.05) is 54.6 Å². The van der Waals surface area contributed by atoms with E-state index in [4.69, 9.17) is 5.73 Å². The first kappa shape index (κ1) is 33.2. The van der Waals surface area contributed by atoms with Gasteiger partial charge in [-0.05, 0) is 36.4 Å². The number of para-hydroxylation sites is 3. The number of alkyl halides is 12. The molecule has 4 N–H and O–H groups in total. The third-order valence-corrected chi connectivity index (χ3v) is 4.14. The molecular formula is C24H21F12N3. The van der Waals surface area contributed by atoms with Crippen LogP contribution in [0.25, 0.3) is 0 Å². The minimum Gasteiger partial charge on any atom is -0.399 e. The largest absolute Gasteiger partial charge is 0.411 e. The summed E-state index contributed by atoms with van der Waals surface area (Å²) in [6, 6.07) is 11.5. The van der Waals surface area contributed by atoms with Crippen molar-refractivity contribution in [3.8, 4) is 0 Å². The molecule has 15 heteroatoms. The number of nitrogens with one attached hydrogen (secondary N) is 2. The molecule has 0 aliphatic heterocycles. The Morgan fingerprint density at radius 3 is 0.949 bits per heavy atom. The summed E-state index contributed by atoms with van der Waals surface area (Å²) in [5.74, 6) is -5.69. The standard InChI is InChI=1S/C15H12F6N2.C6H7N.C3H2F6/c16-13(17,14(18,19)22-11-7-3-1-4-8-11)15(20,21)23-12-9-5-2-6-10-12;7-6-4-2-1-3-5-6;4-2(5,6)1-3(7,8)9/h1-10,22-23H;1-5H,7H2;1H2. The van der Waals surface area contributed by atoms with Crippen molar-refractivity contribution in [2.75, 3.05) is 16.4 Å². The summed E-state index contributed by atoms with van der Waals surface area (Å²) >= 11 is 0. The van der Waals surface area contributed by atoms with E-state index in [1.54, 1.807) is 0 Å². The molecule has 3 rings (SSSR count). The smallest absolute Gasteiger partial charge is 0.399 e. The molecular weight excluding hydrogens is 558 g/mol. The Kier molecular flexibility index (Phi) is 11.4. The zero-order chi connectivity index (χ0) is 30.0. The number of benzene rings is 3. The summed E-state index contributed by atoms with van der Waals surface area (Å²) in [7, 11) is 0. The molecule has 0 unspecified atom stereocenters. The predicted octanol–water partition coefficient (Wildman–Crippen LogP) is 8.80. The van der Waals surface area contributed by atoms with Gasteiger partial charge in [-0.15, -0.1) is 0 Å². The van der Waals surface area contributed by atoms with Crippen LogP contribution in [0.2, 0.25) is 0 Å². The Morgan fingerprint density at radius 2 is 0.744 bits per heavy atom. The van der Waals surface area contributed by atoms with Gasteiger partial charge in [0.25, 0.3) is 0 Å². The Labute approximate surface area is 214 Å². The average molecular weight is 579 g/mol. The van der Waals surface area contributed by atoms with Crippen LogP contribution >= 0.6 is 0 Å². The minimum absolute atomic E-state index is 0.410. The molecule has 39 heavy (non-hydrogen) atoms. The number of hydrogen-bond acceptors (Lipinski definition) is 3. The Morgan fingerprint density at radius 1 is 0.462 bits per heavy atom. The number of anilines is 3. The first-order chi connectivity index (χ1) is 17.8. The molecule has 3 aromatic rings. The average Bonchev–Trinajstić information content (AvgIpc) is 2.78. The van der Waals surface area contributed by atoms with Gasteiger partial charge < -0.3 is 16.4 Å². The van der Waals surface area contributed by atoms with E-state index in [0.29, 0.717) is 0 Å². The fourth-order valence-corrected chi connectivity index (χ4v) is 2.44. The Hall–Kier alpha value is -3.78. The maximum Gasteiger partial charge on any atom is 0.411 e. The van der Waals surface area contributed by atoms with E-state index in [9.17, 15) is 52.7 Å². The topological polar surface area (TPSA) is 50.1 Å². The SMILES string of the molecule is FC(F)(F)CC(F)(F)F.FC(F)(Nc1ccccc1)C(F)(F)C(F)(F)Nc1ccccc1.Nc1ccccc1. The van der Waals surface area contributed by atoms with Crippen LogP contribution in [0.5, 0.6) is 0 Å². The molecule has 0 aromatic heterocycles. The van der Waals surface area contributed by atoms with E-state index in [1.165, 1.54) is 36.4 Å². The van der Waals surface area contributed by atoms with Gasteiger partial charge in [-0.25, -0.2) is 0 Å². The van der Waals surface area contributed by atoms with Crippen molar-refractivity contribution in [3.63, 3.8) is 0 Å². The highest BCUT2D eigenvalue weighted by Crippen LogP contribution is 2.46. The highest BCUT2D eigenvalue weighted by Gasteiger charge is 2.72. The van der Waals surface area contributed by atoms with Gasteiger partial charge in [0.1, 0.15) is 6.42 Å². The lowest BCUT2D eigenvalue weighted by Crippen LogP contribution is -2.60. The minimum atomic E-state index is -5.69. The van der Waals surface area contributed by atoms with Crippen molar-refractivity contribution < 1.29 is 52.7 Å². The van der Waals surface area contributed by atoms with Crippen molar-refractivity contribution in [2.24, 2.45) is 0 Å². The molecule has 0 atom stereocenters. The number of hydrogen-bond donors (Lipinski definition) is 3. The number of nitrogens with two attached hydrogens (primary N) is 1. The monoisotopic (exact) mass is 579 g/mol. The molecule has 0 amide bonds. The van der Waals surface area contributed by atoms with Crippen LogP contribution in [-0.2, 0) is 0 Å². The van der Waals surface area contributed by atoms with E-state index in [2.05, 4.69) is 0 Å². The molecule has 216 valence electrons. The Bertz CT molecular complexity index is 1020. The van der Waals surface area contributed by atoms with E-state index in [0.717, 1.165) is 40.6 Å². The predicted molar refractivity (Wildman–Crippen MR) is 123 cm³/mol.